The SMILES string of the molecule is O=C(c1ccc(F)c(Br)c1)c1nn(C2CCCCC2)c2cc([N+](=O)[O-])ccc12. The molecule has 1 saturated carbocycles. The number of aromatic nitrogens is 2. The van der Waals surface area contributed by atoms with E-state index in [4.69, 9.17) is 0 Å². The van der Waals surface area contributed by atoms with Gasteiger partial charge in [0.25, 0.3) is 5.69 Å². The maximum absolute atomic E-state index is 13.5. The molecule has 0 bridgehead atoms. The van der Waals surface area contributed by atoms with Crippen molar-refractivity contribution >= 4 is 38.3 Å². The molecule has 0 aliphatic heterocycles. The highest BCUT2D eigenvalue weighted by Gasteiger charge is 2.25. The first kappa shape index (κ1) is 18.7. The monoisotopic (exact) mass is 445 g/mol. The first-order chi connectivity index (χ1) is 13.5. The summed E-state index contributed by atoms with van der Waals surface area (Å²) in [5.41, 5.74) is 1.09. The molecule has 1 aliphatic rings. The van der Waals surface area contributed by atoms with Crippen LogP contribution in [0.2, 0.25) is 0 Å². The van der Waals surface area contributed by atoms with E-state index in [1.54, 1.807) is 10.7 Å². The molecule has 0 amide bonds. The van der Waals surface area contributed by atoms with E-state index in [0.717, 1.165) is 32.1 Å². The Balaban J connectivity index is 1.86. The topological polar surface area (TPSA) is 78.0 Å². The normalized spacial score (nSPS) is 15.1. The van der Waals surface area contributed by atoms with Crippen molar-refractivity contribution < 1.29 is 14.1 Å². The smallest absolute Gasteiger partial charge is 0.271 e. The molecule has 2 aromatic carbocycles. The Morgan fingerprint density at radius 1 is 1.18 bits per heavy atom. The highest BCUT2D eigenvalue weighted by Crippen LogP contribution is 2.34. The minimum Gasteiger partial charge on any atom is -0.287 e. The van der Waals surface area contributed by atoms with Gasteiger partial charge in [-0.1, -0.05) is 19.3 Å². The number of ketones is 1. The van der Waals surface area contributed by atoms with E-state index in [0.29, 0.717) is 16.5 Å². The average Bonchev–Trinajstić information content (AvgIpc) is 3.09. The van der Waals surface area contributed by atoms with Gasteiger partial charge in [-0.3, -0.25) is 19.6 Å². The number of hydrogen-bond acceptors (Lipinski definition) is 4. The van der Waals surface area contributed by atoms with Gasteiger partial charge in [0.05, 0.1) is 21.0 Å². The molecule has 0 spiro atoms. The van der Waals surface area contributed by atoms with E-state index in [-0.39, 0.29) is 27.7 Å². The van der Waals surface area contributed by atoms with Crippen molar-refractivity contribution in [2.24, 2.45) is 0 Å². The first-order valence-electron chi connectivity index (χ1n) is 9.12. The van der Waals surface area contributed by atoms with Crippen LogP contribution in [0.4, 0.5) is 10.1 Å². The molecule has 0 radical (unpaired) electrons. The maximum atomic E-state index is 13.5. The first-order valence-corrected chi connectivity index (χ1v) is 9.91. The molecule has 1 fully saturated rings. The number of halogens is 2. The number of nitro groups is 1. The Morgan fingerprint density at radius 2 is 1.93 bits per heavy atom. The number of benzene rings is 2. The molecule has 4 rings (SSSR count). The van der Waals surface area contributed by atoms with Crippen LogP contribution in [0.15, 0.2) is 40.9 Å². The number of rotatable bonds is 4. The van der Waals surface area contributed by atoms with Gasteiger partial charge in [0, 0.05) is 23.1 Å². The van der Waals surface area contributed by atoms with Gasteiger partial charge in [-0.05, 0) is 53.0 Å². The molecule has 0 saturated heterocycles. The summed E-state index contributed by atoms with van der Waals surface area (Å²) in [7, 11) is 0. The highest BCUT2D eigenvalue weighted by atomic mass is 79.9. The van der Waals surface area contributed by atoms with Crippen molar-refractivity contribution in [1.29, 1.82) is 0 Å². The quantitative estimate of drug-likeness (QED) is 0.298. The van der Waals surface area contributed by atoms with Crippen LogP contribution >= 0.6 is 15.9 Å². The van der Waals surface area contributed by atoms with Gasteiger partial charge in [-0.2, -0.15) is 5.10 Å². The van der Waals surface area contributed by atoms with Crippen LogP contribution in [0.25, 0.3) is 10.9 Å². The van der Waals surface area contributed by atoms with Crippen molar-refractivity contribution in [3.63, 3.8) is 0 Å². The average molecular weight is 446 g/mol. The number of nitrogens with zero attached hydrogens (tertiary/aromatic N) is 3. The Morgan fingerprint density at radius 3 is 2.61 bits per heavy atom. The largest absolute Gasteiger partial charge is 0.287 e. The Kier molecular flexibility index (Phi) is 4.97. The summed E-state index contributed by atoms with van der Waals surface area (Å²) in [5.74, 6) is -0.793. The zero-order valence-corrected chi connectivity index (χ0v) is 16.5. The summed E-state index contributed by atoms with van der Waals surface area (Å²) in [6.07, 6.45) is 5.14. The summed E-state index contributed by atoms with van der Waals surface area (Å²) in [6.45, 7) is 0. The molecular formula is C20H17BrFN3O3. The molecule has 3 aromatic rings. The van der Waals surface area contributed by atoms with Gasteiger partial charge in [-0.25, -0.2) is 4.39 Å². The number of carbonyl (C=O) groups is 1. The summed E-state index contributed by atoms with van der Waals surface area (Å²) in [4.78, 5) is 23.9. The van der Waals surface area contributed by atoms with Crippen molar-refractivity contribution in [3.8, 4) is 0 Å². The highest BCUT2D eigenvalue weighted by molar-refractivity contribution is 9.10. The zero-order valence-electron chi connectivity index (χ0n) is 14.9. The molecule has 1 heterocycles. The number of nitro benzene ring substituents is 1. The van der Waals surface area contributed by atoms with Crippen LogP contribution in [0.3, 0.4) is 0 Å². The fraction of sp³-hybridized carbons (Fsp3) is 0.300. The molecule has 144 valence electrons. The number of non-ortho nitro benzene ring substituents is 1. The number of carbonyl (C=O) groups excluding carboxylic acids is 1. The Labute approximate surface area is 168 Å². The number of hydrogen-bond donors (Lipinski definition) is 0. The fourth-order valence-electron chi connectivity index (χ4n) is 3.78. The minimum absolute atomic E-state index is 0.0343. The van der Waals surface area contributed by atoms with E-state index in [9.17, 15) is 19.3 Å². The standard InChI is InChI=1S/C20H17BrFN3O3/c21-16-10-12(6-9-17(16)22)20(26)19-15-8-7-14(25(27)28)11-18(15)24(23-19)13-4-2-1-3-5-13/h6-11,13H,1-5H2. The van der Waals surface area contributed by atoms with Gasteiger partial charge in [0.1, 0.15) is 11.5 Å². The second-order valence-electron chi connectivity index (χ2n) is 7.00. The third-order valence-corrected chi connectivity index (χ3v) is 5.83. The van der Waals surface area contributed by atoms with Gasteiger partial charge >= 0.3 is 0 Å². The van der Waals surface area contributed by atoms with Crippen molar-refractivity contribution in [2.75, 3.05) is 0 Å². The van der Waals surface area contributed by atoms with Crippen LogP contribution in [0.1, 0.15) is 54.2 Å². The molecule has 1 aromatic heterocycles. The minimum atomic E-state index is -0.454. The maximum Gasteiger partial charge on any atom is 0.271 e. The summed E-state index contributed by atoms with van der Waals surface area (Å²) < 4.78 is 15.5. The Bertz CT molecular complexity index is 1090. The lowest BCUT2D eigenvalue weighted by molar-refractivity contribution is -0.384. The van der Waals surface area contributed by atoms with Crippen molar-refractivity contribution in [1.82, 2.24) is 9.78 Å². The Hall–Kier alpha value is -2.61. The second-order valence-corrected chi connectivity index (χ2v) is 7.86. The molecule has 0 N–H and O–H groups in total. The molecule has 6 nitrogen and oxygen atoms in total. The zero-order chi connectivity index (χ0) is 19.8. The molecule has 1 aliphatic carbocycles. The van der Waals surface area contributed by atoms with E-state index in [2.05, 4.69) is 21.0 Å². The molecular weight excluding hydrogens is 429 g/mol. The summed E-state index contributed by atoms with van der Waals surface area (Å²) in [6, 6.07) is 8.61. The van der Waals surface area contributed by atoms with Crippen LogP contribution in [0, 0.1) is 15.9 Å². The molecule has 28 heavy (non-hydrogen) atoms. The van der Waals surface area contributed by atoms with E-state index in [1.165, 1.54) is 30.3 Å². The third kappa shape index (κ3) is 3.32. The summed E-state index contributed by atoms with van der Waals surface area (Å²) in [5, 5.41) is 16.4. The van der Waals surface area contributed by atoms with Crippen molar-refractivity contribution in [2.45, 2.75) is 38.1 Å². The summed E-state index contributed by atoms with van der Waals surface area (Å²) >= 11 is 3.10. The number of fused-ring (bicyclic) bond motifs is 1. The van der Waals surface area contributed by atoms with Crippen LogP contribution < -0.4 is 0 Å². The van der Waals surface area contributed by atoms with Gasteiger partial charge in [0.15, 0.2) is 0 Å². The molecule has 0 unspecified atom stereocenters. The lowest BCUT2D eigenvalue weighted by atomic mass is 9.95. The van der Waals surface area contributed by atoms with Crippen LogP contribution in [0.5, 0.6) is 0 Å². The predicted octanol–water partition coefficient (Wildman–Crippen LogP) is 5.58. The predicted molar refractivity (Wildman–Crippen MR) is 106 cm³/mol. The van der Waals surface area contributed by atoms with E-state index in [1.807, 2.05) is 0 Å². The van der Waals surface area contributed by atoms with Gasteiger partial charge in [-0.15, -0.1) is 0 Å². The van der Waals surface area contributed by atoms with E-state index < -0.39 is 10.7 Å². The third-order valence-electron chi connectivity index (χ3n) is 5.22. The molecule has 8 heteroatoms. The second kappa shape index (κ2) is 7.43. The fourth-order valence-corrected chi connectivity index (χ4v) is 4.16. The van der Waals surface area contributed by atoms with Gasteiger partial charge < -0.3 is 0 Å². The van der Waals surface area contributed by atoms with E-state index >= 15 is 0 Å². The van der Waals surface area contributed by atoms with Crippen LogP contribution in [-0.4, -0.2) is 20.5 Å². The lowest BCUT2D eigenvalue weighted by Crippen LogP contribution is -2.15. The van der Waals surface area contributed by atoms with Gasteiger partial charge in [0.2, 0.25) is 5.78 Å². The van der Waals surface area contributed by atoms with Crippen LogP contribution in [-0.2, 0) is 0 Å². The van der Waals surface area contributed by atoms with Crippen molar-refractivity contribution in [3.05, 3.63) is 68.1 Å². The lowest BCUT2D eigenvalue weighted by Gasteiger charge is -2.22. The molecule has 0 atom stereocenters.